The van der Waals surface area contributed by atoms with E-state index in [2.05, 4.69) is 18.2 Å². The van der Waals surface area contributed by atoms with Gasteiger partial charge in [0.1, 0.15) is 11.9 Å². The molecule has 0 amide bonds. The van der Waals surface area contributed by atoms with Crippen LogP contribution in [-0.4, -0.2) is 19.1 Å². The Labute approximate surface area is 186 Å². The Hall–Kier alpha value is -3.86. The largest absolute Gasteiger partial charge is 0.497 e. The molecule has 0 aliphatic carbocycles. The molecule has 2 aliphatic rings. The monoisotopic (exact) mass is 426 g/mol. The Morgan fingerprint density at radius 2 is 1.62 bits per heavy atom. The average Bonchev–Trinajstić information content (AvgIpc) is 3.00. The van der Waals surface area contributed by atoms with Crippen LogP contribution in [0.3, 0.4) is 0 Å². The van der Waals surface area contributed by atoms with E-state index in [1.807, 2.05) is 37.3 Å². The fraction of sp³-hybridized carbons (Fsp3) is 0.360. The fourth-order valence-electron chi connectivity index (χ4n) is 5.12. The molecule has 2 heterocycles. The fourth-order valence-corrected chi connectivity index (χ4v) is 5.12. The highest BCUT2D eigenvalue weighted by atomic mass is 16.7. The van der Waals surface area contributed by atoms with Crippen molar-refractivity contribution in [3.8, 4) is 24.0 Å². The van der Waals surface area contributed by atoms with Crippen LogP contribution in [0, 0.1) is 56.2 Å². The van der Waals surface area contributed by atoms with Crippen molar-refractivity contribution in [3.63, 3.8) is 0 Å². The molecule has 0 spiro atoms. The van der Waals surface area contributed by atoms with Gasteiger partial charge in [-0.25, -0.2) is 0 Å². The van der Waals surface area contributed by atoms with E-state index >= 15 is 0 Å². The number of methoxy groups -OCH3 is 1. The number of benzene rings is 2. The second kappa shape index (κ2) is 7.38. The van der Waals surface area contributed by atoms with Crippen LogP contribution in [0.25, 0.3) is 0 Å². The first kappa shape index (κ1) is 21.4. The van der Waals surface area contributed by atoms with Gasteiger partial charge in [-0.1, -0.05) is 44.2 Å². The normalized spacial score (nSPS) is 30.8. The average molecular weight is 426 g/mol. The SMILES string of the molecule is COc1ccc(C23OC(=N)C(C#N)(C2C)C(C#N)(C#N)C(C(C)c2ccccc2)O3)cc1. The van der Waals surface area contributed by atoms with Gasteiger partial charge in [0, 0.05) is 11.5 Å². The van der Waals surface area contributed by atoms with E-state index in [1.54, 1.807) is 38.3 Å². The van der Waals surface area contributed by atoms with Gasteiger partial charge in [-0.3, -0.25) is 5.41 Å². The van der Waals surface area contributed by atoms with E-state index in [0.29, 0.717) is 11.3 Å². The number of nitriles is 3. The van der Waals surface area contributed by atoms with Crippen molar-refractivity contribution < 1.29 is 14.2 Å². The van der Waals surface area contributed by atoms with E-state index in [9.17, 15) is 15.8 Å². The number of nitrogens with zero attached hydrogens (tertiary/aromatic N) is 3. The van der Waals surface area contributed by atoms with Crippen molar-refractivity contribution in [1.82, 2.24) is 0 Å². The summed E-state index contributed by atoms with van der Waals surface area (Å²) in [5.41, 5.74) is -2.31. The molecule has 32 heavy (non-hydrogen) atoms. The maximum absolute atomic E-state index is 10.4. The summed E-state index contributed by atoms with van der Waals surface area (Å²) in [7, 11) is 1.56. The van der Waals surface area contributed by atoms with Crippen molar-refractivity contribution in [2.75, 3.05) is 7.11 Å². The lowest BCUT2D eigenvalue weighted by Crippen LogP contribution is -2.62. The van der Waals surface area contributed by atoms with Gasteiger partial charge in [-0.15, -0.1) is 0 Å². The Kier molecular flexibility index (Phi) is 4.93. The van der Waals surface area contributed by atoms with Crippen LogP contribution in [-0.2, 0) is 15.3 Å². The standard InChI is InChI=1S/C25H22N4O3/c1-16(18-7-5-4-6-8-18)21-23(13-26,14-27)24(15-28)17(2)25(31-21,32-22(24)29)19-9-11-20(30-3)12-10-19/h4-12,16-17,21,29H,1-3H3. The number of nitrogens with one attached hydrogen (secondary N) is 1. The van der Waals surface area contributed by atoms with Gasteiger partial charge in [-0.05, 0) is 29.8 Å². The number of fused-ring (bicyclic) bond motifs is 2. The zero-order chi connectivity index (χ0) is 23.1. The summed E-state index contributed by atoms with van der Waals surface area (Å²) in [5.74, 6) is -2.51. The van der Waals surface area contributed by atoms with Gasteiger partial charge in [0.05, 0.1) is 31.2 Å². The van der Waals surface area contributed by atoms with Gasteiger partial charge >= 0.3 is 0 Å². The molecule has 0 saturated carbocycles. The molecule has 2 aliphatic heterocycles. The van der Waals surface area contributed by atoms with Gasteiger partial charge in [0.2, 0.25) is 11.7 Å². The molecule has 2 bridgehead atoms. The number of ether oxygens (including phenoxy) is 3. The summed E-state index contributed by atoms with van der Waals surface area (Å²) < 4.78 is 17.8. The predicted molar refractivity (Wildman–Crippen MR) is 114 cm³/mol. The van der Waals surface area contributed by atoms with Crippen molar-refractivity contribution in [2.24, 2.45) is 16.7 Å². The van der Waals surface area contributed by atoms with Gasteiger partial charge in [0.25, 0.3) is 0 Å². The Balaban J connectivity index is 1.97. The molecule has 2 aromatic rings. The molecule has 4 rings (SSSR count). The summed E-state index contributed by atoms with van der Waals surface area (Å²) in [6, 6.07) is 22.7. The predicted octanol–water partition coefficient (Wildman–Crippen LogP) is 4.24. The number of rotatable bonds is 4. The molecule has 2 aromatic carbocycles. The molecule has 2 fully saturated rings. The molecule has 1 N–H and O–H groups in total. The van der Waals surface area contributed by atoms with E-state index < -0.39 is 40.5 Å². The molecular weight excluding hydrogens is 404 g/mol. The second-order valence-corrected chi connectivity index (χ2v) is 8.24. The Morgan fingerprint density at radius 3 is 2.16 bits per heavy atom. The highest BCUT2D eigenvalue weighted by Gasteiger charge is 2.80. The molecule has 2 saturated heterocycles. The van der Waals surface area contributed by atoms with Crippen LogP contribution in [0.1, 0.15) is 30.9 Å². The molecule has 0 radical (unpaired) electrons. The van der Waals surface area contributed by atoms with Crippen LogP contribution < -0.4 is 4.74 Å². The van der Waals surface area contributed by atoms with E-state index in [1.165, 1.54) is 0 Å². The van der Waals surface area contributed by atoms with Gasteiger partial charge in [0.15, 0.2) is 10.8 Å². The molecule has 5 atom stereocenters. The third-order valence-corrected chi connectivity index (χ3v) is 6.98. The van der Waals surface area contributed by atoms with Crippen molar-refractivity contribution in [1.29, 1.82) is 21.2 Å². The third-order valence-electron chi connectivity index (χ3n) is 6.98. The summed E-state index contributed by atoms with van der Waals surface area (Å²) >= 11 is 0. The van der Waals surface area contributed by atoms with E-state index in [4.69, 9.17) is 19.6 Å². The van der Waals surface area contributed by atoms with Crippen molar-refractivity contribution >= 4 is 5.90 Å². The lowest BCUT2D eigenvalue weighted by molar-refractivity contribution is -0.289. The molecular formula is C25H22N4O3. The van der Waals surface area contributed by atoms with Gasteiger partial charge in [-0.2, -0.15) is 15.8 Å². The third kappa shape index (κ3) is 2.45. The molecule has 5 unspecified atom stereocenters. The lowest BCUT2D eigenvalue weighted by atomic mass is 9.52. The summed E-state index contributed by atoms with van der Waals surface area (Å²) in [6.45, 7) is 3.55. The first-order chi connectivity index (χ1) is 15.4. The second-order valence-electron chi connectivity index (χ2n) is 8.24. The Morgan fingerprint density at radius 1 is 1.00 bits per heavy atom. The van der Waals surface area contributed by atoms with E-state index in [-0.39, 0.29) is 0 Å². The minimum atomic E-state index is -1.94. The highest BCUT2D eigenvalue weighted by Crippen LogP contribution is 2.67. The van der Waals surface area contributed by atoms with Crippen LogP contribution in [0.5, 0.6) is 5.75 Å². The van der Waals surface area contributed by atoms with Crippen LogP contribution in [0.4, 0.5) is 0 Å². The lowest BCUT2D eigenvalue weighted by Gasteiger charge is -2.50. The molecule has 7 nitrogen and oxygen atoms in total. The van der Waals surface area contributed by atoms with Crippen molar-refractivity contribution in [3.05, 3.63) is 65.7 Å². The first-order valence-corrected chi connectivity index (χ1v) is 10.3. The summed E-state index contributed by atoms with van der Waals surface area (Å²) in [5, 5.41) is 39.6. The van der Waals surface area contributed by atoms with Crippen LogP contribution in [0.15, 0.2) is 54.6 Å². The smallest absolute Gasteiger partial charge is 0.243 e. The maximum Gasteiger partial charge on any atom is 0.243 e. The number of hydrogen-bond donors (Lipinski definition) is 1. The highest BCUT2D eigenvalue weighted by molar-refractivity contribution is 5.89. The van der Waals surface area contributed by atoms with Crippen molar-refractivity contribution in [2.45, 2.75) is 31.7 Å². The van der Waals surface area contributed by atoms with Gasteiger partial charge < -0.3 is 14.2 Å². The Bertz CT molecular complexity index is 1160. The zero-order valence-electron chi connectivity index (χ0n) is 18.0. The topological polar surface area (TPSA) is 123 Å². The van der Waals surface area contributed by atoms with Crippen LogP contribution >= 0.6 is 0 Å². The summed E-state index contributed by atoms with van der Waals surface area (Å²) in [6.07, 6.45) is -1.03. The minimum Gasteiger partial charge on any atom is -0.497 e. The quantitative estimate of drug-likeness (QED) is 0.780. The first-order valence-electron chi connectivity index (χ1n) is 10.3. The zero-order valence-corrected chi connectivity index (χ0v) is 18.0. The summed E-state index contributed by atoms with van der Waals surface area (Å²) in [4.78, 5) is 0. The minimum absolute atomic E-state index is 0.422. The molecule has 7 heteroatoms. The van der Waals surface area contributed by atoms with E-state index in [0.717, 1.165) is 5.56 Å². The number of hydrogen-bond acceptors (Lipinski definition) is 7. The maximum atomic E-state index is 10.4. The molecule has 0 aromatic heterocycles. The van der Waals surface area contributed by atoms with Crippen LogP contribution in [0.2, 0.25) is 0 Å². The molecule has 160 valence electrons.